The smallest absolute Gasteiger partial charge is 0.255 e. The lowest BCUT2D eigenvalue weighted by Crippen LogP contribution is -2.50. The van der Waals surface area contributed by atoms with E-state index in [0.29, 0.717) is 16.9 Å². The van der Waals surface area contributed by atoms with Crippen molar-refractivity contribution in [3.63, 3.8) is 0 Å². The standard InChI is InChI=1S/C18H16BrN3O3/c1-11-2-5-13(10-15(11)19)20-18(25)12-3-6-14(7-4-12)22-17(24)9-8-16(23)21-22/h2-7,10H,8-9H2,1H3,(H,20,25)(H,21,23). The summed E-state index contributed by atoms with van der Waals surface area (Å²) in [6.07, 6.45) is 0.373. The van der Waals surface area contributed by atoms with Gasteiger partial charge in [-0.3, -0.25) is 19.8 Å². The van der Waals surface area contributed by atoms with Crippen LogP contribution in [0.1, 0.15) is 28.8 Å². The van der Waals surface area contributed by atoms with Gasteiger partial charge in [-0.15, -0.1) is 0 Å². The third-order valence-corrected chi connectivity index (χ3v) is 4.72. The molecule has 0 unspecified atom stereocenters. The number of halogens is 1. The number of hydrogen-bond acceptors (Lipinski definition) is 3. The van der Waals surface area contributed by atoms with E-state index in [2.05, 4.69) is 26.7 Å². The molecule has 0 radical (unpaired) electrons. The minimum atomic E-state index is -0.253. The van der Waals surface area contributed by atoms with E-state index in [1.54, 1.807) is 24.3 Å². The van der Waals surface area contributed by atoms with Gasteiger partial charge in [-0.1, -0.05) is 22.0 Å². The van der Waals surface area contributed by atoms with Gasteiger partial charge < -0.3 is 5.32 Å². The van der Waals surface area contributed by atoms with Crippen molar-refractivity contribution < 1.29 is 14.4 Å². The van der Waals surface area contributed by atoms with Gasteiger partial charge in [0, 0.05) is 28.6 Å². The Morgan fingerprint density at radius 2 is 1.84 bits per heavy atom. The van der Waals surface area contributed by atoms with Crippen LogP contribution in [0.3, 0.4) is 0 Å². The van der Waals surface area contributed by atoms with Crippen molar-refractivity contribution in [2.45, 2.75) is 19.8 Å². The Morgan fingerprint density at radius 3 is 2.52 bits per heavy atom. The van der Waals surface area contributed by atoms with Crippen LogP contribution in [0.15, 0.2) is 46.9 Å². The maximum absolute atomic E-state index is 12.3. The Morgan fingerprint density at radius 1 is 1.12 bits per heavy atom. The second kappa shape index (κ2) is 7.06. The highest BCUT2D eigenvalue weighted by Gasteiger charge is 2.24. The summed E-state index contributed by atoms with van der Waals surface area (Å²) in [6.45, 7) is 1.97. The highest BCUT2D eigenvalue weighted by atomic mass is 79.9. The maximum atomic E-state index is 12.3. The average molecular weight is 402 g/mol. The average Bonchev–Trinajstić information content (AvgIpc) is 2.60. The first kappa shape index (κ1) is 17.2. The zero-order chi connectivity index (χ0) is 18.0. The molecular formula is C18H16BrN3O3. The summed E-state index contributed by atoms with van der Waals surface area (Å²) in [4.78, 5) is 35.7. The molecule has 25 heavy (non-hydrogen) atoms. The molecule has 1 saturated heterocycles. The lowest BCUT2D eigenvalue weighted by Gasteiger charge is -2.27. The van der Waals surface area contributed by atoms with Crippen LogP contribution in [0.2, 0.25) is 0 Å². The molecule has 0 aromatic heterocycles. The number of amides is 3. The number of aryl methyl sites for hydroxylation is 1. The Kier molecular flexibility index (Phi) is 4.85. The summed E-state index contributed by atoms with van der Waals surface area (Å²) in [5.41, 5.74) is 5.26. The van der Waals surface area contributed by atoms with Gasteiger partial charge >= 0.3 is 0 Å². The van der Waals surface area contributed by atoms with Crippen molar-refractivity contribution >= 4 is 45.0 Å². The Labute approximate surface area is 153 Å². The maximum Gasteiger partial charge on any atom is 0.255 e. The first-order chi connectivity index (χ1) is 11.9. The number of hydrogen-bond donors (Lipinski definition) is 2. The van der Waals surface area contributed by atoms with Crippen LogP contribution < -0.4 is 15.8 Å². The first-order valence-corrected chi connectivity index (χ1v) is 8.53. The minimum absolute atomic E-state index is 0.177. The van der Waals surface area contributed by atoms with E-state index in [1.165, 1.54) is 5.01 Å². The summed E-state index contributed by atoms with van der Waals surface area (Å²) >= 11 is 3.43. The number of carbonyl (C=O) groups is 3. The molecule has 3 amide bonds. The van der Waals surface area contributed by atoms with Crippen molar-refractivity contribution in [2.75, 3.05) is 10.3 Å². The summed E-state index contributed by atoms with van der Waals surface area (Å²) < 4.78 is 0.917. The van der Waals surface area contributed by atoms with Crippen LogP contribution in [-0.4, -0.2) is 17.7 Å². The molecule has 7 heteroatoms. The molecule has 0 saturated carbocycles. The van der Waals surface area contributed by atoms with Crippen LogP contribution in [0.5, 0.6) is 0 Å². The molecule has 2 aromatic rings. The molecular weight excluding hydrogens is 386 g/mol. The van der Waals surface area contributed by atoms with Crippen molar-refractivity contribution in [1.29, 1.82) is 0 Å². The van der Waals surface area contributed by atoms with Crippen molar-refractivity contribution in [3.8, 4) is 0 Å². The van der Waals surface area contributed by atoms with Crippen molar-refractivity contribution in [2.24, 2.45) is 0 Å². The largest absolute Gasteiger partial charge is 0.322 e. The van der Waals surface area contributed by atoms with Gasteiger partial charge in [0.15, 0.2) is 0 Å². The number of benzene rings is 2. The monoisotopic (exact) mass is 401 g/mol. The molecule has 1 aliphatic rings. The fraction of sp³-hybridized carbons (Fsp3) is 0.167. The second-order valence-electron chi connectivity index (χ2n) is 5.73. The van der Waals surface area contributed by atoms with Gasteiger partial charge in [-0.2, -0.15) is 0 Å². The van der Waals surface area contributed by atoms with Crippen molar-refractivity contribution in [3.05, 3.63) is 58.1 Å². The molecule has 0 atom stereocenters. The molecule has 0 spiro atoms. The van der Waals surface area contributed by atoms with Gasteiger partial charge in [-0.25, -0.2) is 5.01 Å². The van der Waals surface area contributed by atoms with Gasteiger partial charge in [0.05, 0.1) is 5.69 Å². The SMILES string of the molecule is Cc1ccc(NC(=O)c2ccc(N3NC(=O)CCC3=O)cc2)cc1Br. The molecule has 3 rings (SSSR count). The van der Waals surface area contributed by atoms with Crippen LogP contribution in [-0.2, 0) is 9.59 Å². The van der Waals surface area contributed by atoms with Gasteiger partial charge in [-0.05, 0) is 48.9 Å². The van der Waals surface area contributed by atoms with Crippen LogP contribution in [0.4, 0.5) is 11.4 Å². The van der Waals surface area contributed by atoms with E-state index in [4.69, 9.17) is 0 Å². The van der Waals surface area contributed by atoms with Gasteiger partial charge in [0.2, 0.25) is 11.8 Å². The van der Waals surface area contributed by atoms with E-state index in [1.807, 2.05) is 25.1 Å². The molecule has 6 nitrogen and oxygen atoms in total. The summed E-state index contributed by atoms with van der Waals surface area (Å²) in [5.74, 6) is -0.635. The molecule has 2 aromatic carbocycles. The predicted molar refractivity (Wildman–Crippen MR) is 98.1 cm³/mol. The van der Waals surface area contributed by atoms with Gasteiger partial charge in [0.25, 0.3) is 5.91 Å². The van der Waals surface area contributed by atoms with Crippen LogP contribution in [0.25, 0.3) is 0 Å². The van der Waals surface area contributed by atoms with Gasteiger partial charge in [0.1, 0.15) is 0 Å². The number of anilines is 2. The summed E-state index contributed by atoms with van der Waals surface area (Å²) in [6, 6.07) is 12.1. The van der Waals surface area contributed by atoms with E-state index in [-0.39, 0.29) is 30.6 Å². The molecule has 1 fully saturated rings. The van der Waals surface area contributed by atoms with Crippen molar-refractivity contribution in [1.82, 2.24) is 5.43 Å². The third-order valence-electron chi connectivity index (χ3n) is 3.87. The van der Waals surface area contributed by atoms with E-state index in [0.717, 1.165) is 10.0 Å². The Balaban J connectivity index is 1.73. The molecule has 1 aliphatic heterocycles. The van der Waals surface area contributed by atoms with E-state index in [9.17, 15) is 14.4 Å². The zero-order valence-electron chi connectivity index (χ0n) is 13.5. The second-order valence-corrected chi connectivity index (χ2v) is 6.58. The minimum Gasteiger partial charge on any atom is -0.322 e. The molecule has 128 valence electrons. The van der Waals surface area contributed by atoms with E-state index >= 15 is 0 Å². The number of hydrazine groups is 1. The fourth-order valence-corrected chi connectivity index (χ4v) is 2.80. The third kappa shape index (κ3) is 3.88. The topological polar surface area (TPSA) is 78.5 Å². The van der Waals surface area contributed by atoms with Crippen LogP contribution in [0, 0.1) is 6.92 Å². The zero-order valence-corrected chi connectivity index (χ0v) is 15.1. The Hall–Kier alpha value is -2.67. The lowest BCUT2D eigenvalue weighted by molar-refractivity contribution is -0.130. The lowest BCUT2D eigenvalue weighted by atomic mass is 10.1. The number of carbonyl (C=O) groups excluding carboxylic acids is 3. The molecule has 0 aliphatic carbocycles. The van der Waals surface area contributed by atoms with E-state index < -0.39 is 0 Å². The molecule has 1 heterocycles. The summed E-state index contributed by atoms with van der Waals surface area (Å²) in [5, 5.41) is 4.03. The molecule has 0 bridgehead atoms. The number of nitrogens with one attached hydrogen (secondary N) is 2. The molecule has 2 N–H and O–H groups in total. The quantitative estimate of drug-likeness (QED) is 0.828. The number of rotatable bonds is 3. The normalized spacial score (nSPS) is 14.2. The highest BCUT2D eigenvalue weighted by Crippen LogP contribution is 2.22. The highest BCUT2D eigenvalue weighted by molar-refractivity contribution is 9.10. The number of nitrogens with zero attached hydrogens (tertiary/aromatic N) is 1. The Bertz CT molecular complexity index is 849. The predicted octanol–water partition coefficient (Wildman–Crippen LogP) is 3.17. The van der Waals surface area contributed by atoms with Crippen LogP contribution >= 0.6 is 15.9 Å². The fourth-order valence-electron chi connectivity index (χ4n) is 2.42. The summed E-state index contributed by atoms with van der Waals surface area (Å²) in [7, 11) is 0. The first-order valence-electron chi connectivity index (χ1n) is 7.74.